The monoisotopic (exact) mass is 536 g/mol. The first kappa shape index (κ1) is 28.0. The number of aromatic nitrogens is 4. The Balaban J connectivity index is 1.41. The van der Waals surface area contributed by atoms with Gasteiger partial charge in [0.15, 0.2) is 5.82 Å². The van der Waals surface area contributed by atoms with Crippen LogP contribution >= 0.6 is 0 Å². The van der Waals surface area contributed by atoms with E-state index in [1.807, 2.05) is 52.0 Å². The Morgan fingerprint density at radius 3 is 2.69 bits per heavy atom. The summed E-state index contributed by atoms with van der Waals surface area (Å²) in [6, 6.07) is 6.83. The number of hydrogen-bond acceptors (Lipinski definition) is 9. The van der Waals surface area contributed by atoms with E-state index in [1.54, 1.807) is 6.07 Å². The molecule has 0 aliphatic carbocycles. The van der Waals surface area contributed by atoms with Crippen LogP contribution < -0.4 is 16.4 Å². The van der Waals surface area contributed by atoms with E-state index in [0.717, 1.165) is 18.7 Å². The molecule has 208 valence electrons. The molecule has 0 radical (unpaired) electrons. The van der Waals surface area contributed by atoms with Crippen LogP contribution in [-0.4, -0.2) is 69.7 Å². The maximum absolute atomic E-state index is 12.8. The first-order valence-corrected chi connectivity index (χ1v) is 13.0. The standard InChI is InChI=1S/C27H36N8O4/c1-5-19(30-24(37)25-33-26(34-39-25)27(2,3)4)21-22(28)32-23(31-21)17-8-6-9-18(16-17)29-20(36)10-7-11-35-12-14-38-15-13-35/h6-10,16,19H,5,11-15,28H2,1-4H3,(H,29,36)(H,30,37)(H,31,32)/b10-7+. The fourth-order valence-corrected chi connectivity index (χ4v) is 4.04. The number of nitrogen functional groups attached to an aromatic ring is 1. The van der Waals surface area contributed by atoms with Crippen molar-refractivity contribution in [2.45, 2.75) is 45.6 Å². The molecule has 2 amide bonds. The highest BCUT2D eigenvalue weighted by Gasteiger charge is 2.26. The van der Waals surface area contributed by atoms with Gasteiger partial charge in [-0.3, -0.25) is 14.5 Å². The second kappa shape index (κ2) is 12.2. The van der Waals surface area contributed by atoms with Gasteiger partial charge in [-0.05, 0) is 18.6 Å². The van der Waals surface area contributed by atoms with E-state index in [-0.39, 0.29) is 23.0 Å². The van der Waals surface area contributed by atoms with Gasteiger partial charge in [-0.1, -0.05) is 51.1 Å². The zero-order chi connectivity index (χ0) is 28.0. The van der Waals surface area contributed by atoms with Gasteiger partial charge in [-0.15, -0.1) is 0 Å². The molecule has 12 nitrogen and oxygen atoms in total. The Bertz CT molecular complexity index is 1320. The molecule has 1 atom stereocenters. The molecule has 2 aromatic heterocycles. The van der Waals surface area contributed by atoms with Gasteiger partial charge in [0.2, 0.25) is 5.91 Å². The van der Waals surface area contributed by atoms with Gasteiger partial charge in [0.25, 0.3) is 0 Å². The largest absolute Gasteiger partial charge is 0.382 e. The fourth-order valence-electron chi connectivity index (χ4n) is 4.04. The highest BCUT2D eigenvalue weighted by atomic mass is 16.5. The predicted octanol–water partition coefficient (Wildman–Crippen LogP) is 3.05. The molecular weight excluding hydrogens is 500 g/mol. The summed E-state index contributed by atoms with van der Waals surface area (Å²) in [5.74, 6) is 0.402. The van der Waals surface area contributed by atoms with Crippen LogP contribution in [0.3, 0.4) is 0 Å². The van der Waals surface area contributed by atoms with Gasteiger partial charge in [0, 0.05) is 42.4 Å². The van der Waals surface area contributed by atoms with Crippen LogP contribution in [0.5, 0.6) is 0 Å². The number of nitrogens with two attached hydrogens (primary N) is 1. The van der Waals surface area contributed by atoms with Gasteiger partial charge in [-0.2, -0.15) is 4.98 Å². The minimum atomic E-state index is -0.494. The van der Waals surface area contributed by atoms with Crippen LogP contribution in [0.15, 0.2) is 40.9 Å². The SMILES string of the molecule is CCC(NC(=O)c1nc(C(C)(C)C)no1)c1[nH]c(-c2cccc(NC(=O)/C=C/CN3CCOCC3)c2)nc1N. The number of ether oxygens (including phenoxy) is 1. The zero-order valence-corrected chi connectivity index (χ0v) is 22.8. The predicted molar refractivity (Wildman–Crippen MR) is 147 cm³/mol. The molecule has 12 heteroatoms. The van der Waals surface area contributed by atoms with Gasteiger partial charge in [0.1, 0.15) is 11.6 Å². The first-order chi connectivity index (χ1) is 18.6. The summed E-state index contributed by atoms with van der Waals surface area (Å²) in [7, 11) is 0. The van der Waals surface area contributed by atoms with Crippen molar-refractivity contribution in [2.75, 3.05) is 43.9 Å². The average molecular weight is 537 g/mol. The number of H-pyrrole nitrogens is 1. The molecule has 3 aromatic rings. The lowest BCUT2D eigenvalue weighted by atomic mass is 9.96. The van der Waals surface area contributed by atoms with Gasteiger partial charge < -0.3 is 30.6 Å². The Hall–Kier alpha value is -4.03. The quantitative estimate of drug-likeness (QED) is 0.301. The summed E-state index contributed by atoms with van der Waals surface area (Å²) in [5.41, 5.74) is 7.81. The number of anilines is 2. The van der Waals surface area contributed by atoms with E-state index < -0.39 is 11.9 Å². The second-order valence-electron chi connectivity index (χ2n) is 10.4. The summed E-state index contributed by atoms with van der Waals surface area (Å²) < 4.78 is 10.5. The van der Waals surface area contributed by atoms with Crippen molar-refractivity contribution < 1.29 is 18.8 Å². The van der Waals surface area contributed by atoms with Crippen LogP contribution in [0.4, 0.5) is 11.5 Å². The molecule has 1 fully saturated rings. The molecule has 1 aromatic carbocycles. The number of rotatable bonds is 9. The number of amides is 2. The number of hydrogen-bond donors (Lipinski definition) is 4. The lowest BCUT2D eigenvalue weighted by molar-refractivity contribution is -0.111. The number of morpholine rings is 1. The normalized spacial score (nSPS) is 15.4. The van der Waals surface area contributed by atoms with Crippen molar-refractivity contribution in [1.29, 1.82) is 0 Å². The molecule has 0 saturated carbocycles. The molecule has 1 aliphatic rings. The maximum atomic E-state index is 12.8. The van der Waals surface area contributed by atoms with Crippen molar-refractivity contribution in [2.24, 2.45) is 0 Å². The van der Waals surface area contributed by atoms with E-state index in [2.05, 4.69) is 35.6 Å². The Kier molecular flexibility index (Phi) is 8.77. The molecule has 1 aliphatic heterocycles. The summed E-state index contributed by atoms with van der Waals surface area (Å²) >= 11 is 0. The van der Waals surface area contributed by atoms with Crippen LogP contribution in [0.1, 0.15) is 62.4 Å². The third-order valence-corrected chi connectivity index (χ3v) is 6.25. The molecule has 0 bridgehead atoms. The highest BCUT2D eigenvalue weighted by molar-refractivity contribution is 5.99. The number of nitrogens with zero attached hydrogens (tertiary/aromatic N) is 4. The van der Waals surface area contributed by atoms with E-state index in [1.165, 1.54) is 6.08 Å². The Morgan fingerprint density at radius 2 is 2.00 bits per heavy atom. The molecule has 3 heterocycles. The number of imidazole rings is 1. The van der Waals surface area contributed by atoms with Crippen LogP contribution in [0.2, 0.25) is 0 Å². The van der Waals surface area contributed by atoms with Gasteiger partial charge >= 0.3 is 11.8 Å². The summed E-state index contributed by atoms with van der Waals surface area (Å²) in [5, 5.41) is 9.68. The summed E-state index contributed by atoms with van der Waals surface area (Å²) in [4.78, 5) is 39.4. The minimum absolute atomic E-state index is 0.112. The molecule has 1 unspecified atom stereocenters. The Morgan fingerprint density at radius 1 is 1.23 bits per heavy atom. The number of carbonyl (C=O) groups excluding carboxylic acids is 2. The second-order valence-corrected chi connectivity index (χ2v) is 10.4. The van der Waals surface area contributed by atoms with E-state index in [4.69, 9.17) is 15.0 Å². The van der Waals surface area contributed by atoms with Gasteiger partial charge in [-0.25, -0.2) is 4.98 Å². The molecule has 39 heavy (non-hydrogen) atoms. The molecule has 4 rings (SSSR count). The minimum Gasteiger partial charge on any atom is -0.382 e. The zero-order valence-electron chi connectivity index (χ0n) is 22.8. The molecule has 0 spiro atoms. The van der Waals surface area contributed by atoms with E-state index >= 15 is 0 Å². The number of carbonyl (C=O) groups is 2. The number of benzene rings is 1. The van der Waals surface area contributed by atoms with Crippen LogP contribution in [-0.2, 0) is 14.9 Å². The van der Waals surface area contributed by atoms with Crippen LogP contribution in [0.25, 0.3) is 11.4 Å². The van der Waals surface area contributed by atoms with E-state index in [0.29, 0.717) is 49.2 Å². The smallest absolute Gasteiger partial charge is 0.315 e. The molecule has 1 saturated heterocycles. The maximum Gasteiger partial charge on any atom is 0.315 e. The van der Waals surface area contributed by atoms with Crippen molar-refractivity contribution in [3.05, 3.63) is 53.8 Å². The first-order valence-electron chi connectivity index (χ1n) is 13.0. The third kappa shape index (κ3) is 7.30. The molecular formula is C27H36N8O4. The van der Waals surface area contributed by atoms with E-state index in [9.17, 15) is 9.59 Å². The van der Waals surface area contributed by atoms with Gasteiger partial charge in [0.05, 0.1) is 24.9 Å². The van der Waals surface area contributed by atoms with Crippen molar-refractivity contribution in [3.8, 4) is 11.4 Å². The lowest BCUT2D eigenvalue weighted by Gasteiger charge is -2.25. The Labute approximate surface area is 227 Å². The fraction of sp³-hybridized carbons (Fsp3) is 0.444. The summed E-state index contributed by atoms with van der Waals surface area (Å²) in [6.07, 6.45) is 3.93. The summed E-state index contributed by atoms with van der Waals surface area (Å²) in [6.45, 7) is 11.6. The molecule has 5 N–H and O–H groups in total. The third-order valence-electron chi connectivity index (χ3n) is 6.25. The average Bonchev–Trinajstić information content (AvgIpc) is 3.56. The number of aromatic amines is 1. The van der Waals surface area contributed by atoms with Crippen LogP contribution in [0, 0.1) is 0 Å². The van der Waals surface area contributed by atoms with Crippen molar-refractivity contribution >= 4 is 23.3 Å². The lowest BCUT2D eigenvalue weighted by Crippen LogP contribution is -2.36. The number of nitrogens with one attached hydrogen (secondary N) is 3. The highest BCUT2D eigenvalue weighted by Crippen LogP contribution is 2.27. The van der Waals surface area contributed by atoms with Crippen molar-refractivity contribution in [3.63, 3.8) is 0 Å². The van der Waals surface area contributed by atoms with Crippen molar-refractivity contribution in [1.82, 2.24) is 30.3 Å². The topological polar surface area (TPSA) is 164 Å².